The summed E-state index contributed by atoms with van der Waals surface area (Å²) in [6.45, 7) is 0. The van der Waals surface area contributed by atoms with E-state index >= 15 is 0 Å². The lowest BCUT2D eigenvalue weighted by Crippen LogP contribution is -1.85. The van der Waals surface area contributed by atoms with Crippen LogP contribution in [-0.4, -0.2) is 15.6 Å². The molecule has 56 valence electrons. The molecule has 0 radical (unpaired) electrons. The van der Waals surface area contributed by atoms with Gasteiger partial charge in [0.05, 0.1) is 5.52 Å². The summed E-state index contributed by atoms with van der Waals surface area (Å²) in [5.41, 5.74) is 1.18. The smallest absolute Gasteiger partial charge is 0.120 e. The summed E-state index contributed by atoms with van der Waals surface area (Å²) < 4.78 is 2.07. The van der Waals surface area contributed by atoms with Crippen LogP contribution in [0.3, 0.4) is 0 Å². The molecule has 2 aromatic rings. The SMILES string of the molecule is CSc1nccn2cccc12. The van der Waals surface area contributed by atoms with Gasteiger partial charge in [0.2, 0.25) is 0 Å². The van der Waals surface area contributed by atoms with Crippen LogP contribution in [0.1, 0.15) is 0 Å². The van der Waals surface area contributed by atoms with Gasteiger partial charge in [0.1, 0.15) is 5.03 Å². The molecular weight excluding hydrogens is 156 g/mol. The summed E-state index contributed by atoms with van der Waals surface area (Å²) in [4.78, 5) is 4.24. The minimum absolute atomic E-state index is 1.08. The first-order chi connectivity index (χ1) is 5.42. The van der Waals surface area contributed by atoms with Crippen molar-refractivity contribution in [2.75, 3.05) is 6.26 Å². The molecule has 2 heterocycles. The monoisotopic (exact) mass is 164 g/mol. The van der Waals surface area contributed by atoms with Crippen molar-refractivity contribution >= 4 is 17.3 Å². The summed E-state index contributed by atoms with van der Waals surface area (Å²) >= 11 is 1.67. The zero-order valence-corrected chi connectivity index (χ0v) is 7.01. The maximum atomic E-state index is 4.24. The molecule has 0 aliphatic rings. The Morgan fingerprint density at radius 2 is 2.36 bits per heavy atom. The highest BCUT2D eigenvalue weighted by atomic mass is 32.2. The van der Waals surface area contributed by atoms with E-state index < -0.39 is 0 Å². The first-order valence-electron chi connectivity index (χ1n) is 3.37. The minimum Gasteiger partial charge on any atom is -0.320 e. The van der Waals surface area contributed by atoms with Crippen LogP contribution in [0, 0.1) is 0 Å². The Morgan fingerprint density at radius 3 is 3.18 bits per heavy atom. The number of aromatic nitrogens is 2. The highest BCUT2D eigenvalue weighted by molar-refractivity contribution is 7.98. The second-order valence-corrected chi connectivity index (χ2v) is 3.03. The fraction of sp³-hybridized carbons (Fsp3) is 0.125. The lowest BCUT2D eigenvalue weighted by molar-refractivity contribution is 1.05. The van der Waals surface area contributed by atoms with Crippen molar-refractivity contribution in [2.45, 2.75) is 5.03 Å². The van der Waals surface area contributed by atoms with Crippen molar-refractivity contribution in [3.63, 3.8) is 0 Å². The van der Waals surface area contributed by atoms with E-state index in [0.29, 0.717) is 0 Å². The van der Waals surface area contributed by atoms with Crippen molar-refractivity contribution < 1.29 is 0 Å². The lowest BCUT2D eigenvalue weighted by Gasteiger charge is -1.97. The number of rotatable bonds is 1. The fourth-order valence-electron chi connectivity index (χ4n) is 1.10. The van der Waals surface area contributed by atoms with E-state index in [4.69, 9.17) is 0 Å². The number of hydrogen-bond acceptors (Lipinski definition) is 2. The topological polar surface area (TPSA) is 17.3 Å². The zero-order valence-electron chi connectivity index (χ0n) is 6.19. The first-order valence-corrected chi connectivity index (χ1v) is 4.60. The van der Waals surface area contributed by atoms with Gasteiger partial charge < -0.3 is 4.40 Å². The van der Waals surface area contributed by atoms with Crippen molar-refractivity contribution in [1.29, 1.82) is 0 Å². The van der Waals surface area contributed by atoms with Gasteiger partial charge in [0.15, 0.2) is 0 Å². The molecule has 2 rings (SSSR count). The molecule has 2 nitrogen and oxygen atoms in total. The van der Waals surface area contributed by atoms with Gasteiger partial charge in [-0.15, -0.1) is 11.8 Å². The fourth-order valence-corrected chi connectivity index (χ4v) is 1.65. The summed E-state index contributed by atoms with van der Waals surface area (Å²) in [5, 5.41) is 1.08. The van der Waals surface area contributed by atoms with Crippen LogP contribution >= 0.6 is 11.8 Å². The molecule has 0 aromatic carbocycles. The molecule has 0 aliphatic carbocycles. The zero-order chi connectivity index (χ0) is 7.68. The standard InChI is InChI=1S/C8H8N2S/c1-11-8-7-3-2-5-10(7)6-4-9-8/h2-6H,1H3. The molecule has 0 saturated carbocycles. The lowest BCUT2D eigenvalue weighted by atomic mass is 10.5. The Morgan fingerprint density at radius 1 is 1.45 bits per heavy atom. The maximum Gasteiger partial charge on any atom is 0.120 e. The molecule has 11 heavy (non-hydrogen) atoms. The van der Waals surface area contributed by atoms with Crippen LogP contribution in [0.2, 0.25) is 0 Å². The molecule has 0 aliphatic heterocycles. The third kappa shape index (κ3) is 1.01. The van der Waals surface area contributed by atoms with E-state index in [0.717, 1.165) is 5.03 Å². The Bertz CT molecular complexity index is 367. The molecule has 3 heteroatoms. The number of hydrogen-bond donors (Lipinski definition) is 0. The van der Waals surface area contributed by atoms with Gasteiger partial charge in [-0.3, -0.25) is 0 Å². The summed E-state index contributed by atoms with van der Waals surface area (Å²) in [6.07, 6.45) is 7.83. The predicted octanol–water partition coefficient (Wildman–Crippen LogP) is 2.06. The molecule has 0 amide bonds. The largest absolute Gasteiger partial charge is 0.320 e. The predicted molar refractivity (Wildman–Crippen MR) is 47.0 cm³/mol. The highest BCUT2D eigenvalue weighted by Crippen LogP contribution is 2.17. The van der Waals surface area contributed by atoms with Crippen LogP contribution in [0.4, 0.5) is 0 Å². The van der Waals surface area contributed by atoms with Crippen molar-refractivity contribution in [2.24, 2.45) is 0 Å². The van der Waals surface area contributed by atoms with Gasteiger partial charge in [-0.05, 0) is 18.4 Å². The third-order valence-electron chi connectivity index (χ3n) is 1.61. The molecule has 0 fully saturated rings. The third-order valence-corrected chi connectivity index (χ3v) is 2.31. The second-order valence-electron chi connectivity index (χ2n) is 2.24. The average molecular weight is 164 g/mol. The van der Waals surface area contributed by atoms with Crippen molar-refractivity contribution in [3.8, 4) is 0 Å². The Hall–Kier alpha value is -0.960. The van der Waals surface area contributed by atoms with Crippen LogP contribution in [-0.2, 0) is 0 Å². The van der Waals surface area contributed by atoms with Crippen molar-refractivity contribution in [1.82, 2.24) is 9.38 Å². The molecule has 0 N–H and O–H groups in total. The summed E-state index contributed by atoms with van der Waals surface area (Å²) in [5.74, 6) is 0. The normalized spacial score (nSPS) is 10.6. The highest BCUT2D eigenvalue weighted by Gasteiger charge is 1.97. The molecule has 0 atom stereocenters. The van der Waals surface area contributed by atoms with Gasteiger partial charge in [-0.2, -0.15) is 0 Å². The Kier molecular flexibility index (Phi) is 1.58. The van der Waals surface area contributed by atoms with Gasteiger partial charge in [-0.1, -0.05) is 0 Å². The van der Waals surface area contributed by atoms with E-state index in [9.17, 15) is 0 Å². The maximum absolute atomic E-state index is 4.24. The van der Waals surface area contributed by atoms with Gasteiger partial charge in [-0.25, -0.2) is 4.98 Å². The second kappa shape index (κ2) is 2.58. The molecule has 2 aromatic heterocycles. The van der Waals surface area contributed by atoms with Crippen LogP contribution in [0.25, 0.3) is 5.52 Å². The van der Waals surface area contributed by atoms with Gasteiger partial charge in [0, 0.05) is 18.6 Å². The molecule has 0 bridgehead atoms. The van der Waals surface area contributed by atoms with Crippen LogP contribution in [0.5, 0.6) is 0 Å². The van der Waals surface area contributed by atoms with Gasteiger partial charge >= 0.3 is 0 Å². The van der Waals surface area contributed by atoms with E-state index in [1.165, 1.54) is 5.52 Å². The van der Waals surface area contributed by atoms with Crippen molar-refractivity contribution in [3.05, 3.63) is 30.7 Å². The number of nitrogens with zero attached hydrogens (tertiary/aromatic N) is 2. The molecule has 0 saturated heterocycles. The minimum atomic E-state index is 1.08. The number of fused-ring (bicyclic) bond motifs is 1. The van der Waals surface area contributed by atoms with Crippen LogP contribution < -0.4 is 0 Å². The summed E-state index contributed by atoms with van der Waals surface area (Å²) in [7, 11) is 0. The average Bonchev–Trinajstić information content (AvgIpc) is 2.50. The van der Waals surface area contributed by atoms with Gasteiger partial charge in [0.25, 0.3) is 0 Å². The quantitative estimate of drug-likeness (QED) is 0.600. The molecule has 0 unspecified atom stereocenters. The summed E-state index contributed by atoms with van der Waals surface area (Å²) in [6, 6.07) is 4.09. The molecular formula is C8H8N2S. The van der Waals surface area contributed by atoms with E-state index in [2.05, 4.69) is 15.5 Å². The Balaban J connectivity index is 2.79. The van der Waals surface area contributed by atoms with E-state index in [1.54, 1.807) is 11.8 Å². The number of thioether (sulfide) groups is 1. The molecule has 0 spiro atoms. The van der Waals surface area contributed by atoms with Crippen LogP contribution in [0.15, 0.2) is 35.7 Å². The first kappa shape index (κ1) is 6.73. The Labute approximate surface area is 69.3 Å². The van der Waals surface area contributed by atoms with E-state index in [-0.39, 0.29) is 0 Å². The van der Waals surface area contributed by atoms with E-state index in [1.807, 2.05) is 30.9 Å².